The second-order valence-electron chi connectivity index (χ2n) is 5.48. The molecule has 0 radical (unpaired) electrons. The zero-order valence-electron chi connectivity index (χ0n) is 14.0. The van der Waals surface area contributed by atoms with Gasteiger partial charge < -0.3 is 4.57 Å². The van der Waals surface area contributed by atoms with E-state index < -0.39 is 5.69 Å². The highest BCUT2D eigenvalue weighted by Gasteiger charge is 2.17. The maximum Gasteiger partial charge on any atom is 0.332 e. The maximum absolute atomic E-state index is 12.4. The van der Waals surface area contributed by atoms with E-state index in [1.54, 1.807) is 17.8 Å². The number of anilines is 1. The van der Waals surface area contributed by atoms with Crippen LogP contribution in [0.3, 0.4) is 0 Å². The highest BCUT2D eigenvalue weighted by molar-refractivity contribution is 9.10. The molecule has 0 atom stereocenters. The Kier molecular flexibility index (Phi) is 4.58. The van der Waals surface area contributed by atoms with Gasteiger partial charge in [0, 0.05) is 25.1 Å². The molecule has 2 heterocycles. The van der Waals surface area contributed by atoms with Crippen LogP contribution >= 0.6 is 15.9 Å². The number of hydrogen-bond donors (Lipinski definition) is 1. The van der Waals surface area contributed by atoms with Crippen LogP contribution in [0.25, 0.3) is 11.2 Å². The summed E-state index contributed by atoms with van der Waals surface area (Å²) < 4.78 is 5.12. The molecule has 0 bridgehead atoms. The van der Waals surface area contributed by atoms with Crippen LogP contribution in [-0.4, -0.2) is 24.9 Å². The number of hydrogen-bond acceptors (Lipinski definition) is 5. The quantitative estimate of drug-likeness (QED) is 0.529. The molecular weight excluding hydrogens is 388 g/mol. The molecule has 0 unspecified atom stereocenters. The Hall–Kier alpha value is -2.68. The fourth-order valence-corrected chi connectivity index (χ4v) is 2.82. The minimum atomic E-state index is -0.414. The summed E-state index contributed by atoms with van der Waals surface area (Å²) in [7, 11) is 3.04. The first-order valence-electron chi connectivity index (χ1n) is 7.65. The topological polar surface area (TPSA) is 86.2 Å². The van der Waals surface area contributed by atoms with Crippen LogP contribution in [0.5, 0.6) is 0 Å². The van der Waals surface area contributed by atoms with E-state index in [1.807, 2.05) is 31.2 Å². The maximum atomic E-state index is 12.4. The second kappa shape index (κ2) is 6.67. The van der Waals surface area contributed by atoms with Crippen molar-refractivity contribution in [1.82, 2.24) is 18.7 Å². The number of imidazole rings is 1. The summed E-state index contributed by atoms with van der Waals surface area (Å²) in [6.07, 6.45) is 1.66. The predicted molar refractivity (Wildman–Crippen MR) is 101 cm³/mol. The van der Waals surface area contributed by atoms with Gasteiger partial charge in [-0.1, -0.05) is 28.1 Å². The lowest BCUT2D eigenvalue weighted by Crippen LogP contribution is -2.37. The van der Waals surface area contributed by atoms with Crippen molar-refractivity contribution >= 4 is 39.3 Å². The van der Waals surface area contributed by atoms with Crippen molar-refractivity contribution in [2.75, 3.05) is 5.43 Å². The van der Waals surface area contributed by atoms with E-state index in [2.05, 4.69) is 31.4 Å². The van der Waals surface area contributed by atoms with Gasteiger partial charge in [0.05, 0.1) is 6.21 Å². The average Bonchev–Trinajstić information content (AvgIpc) is 2.98. The number of rotatable bonds is 4. The SMILES string of the molecule is CCn1c(N/N=C/c2ccc(Br)cc2)nc2c1c(=O)n(C)c(=O)n2C. The lowest BCUT2D eigenvalue weighted by atomic mass is 10.2. The van der Waals surface area contributed by atoms with Crippen LogP contribution in [0.1, 0.15) is 12.5 Å². The number of nitrogens with zero attached hydrogens (tertiary/aromatic N) is 5. The number of aryl methyl sites for hydroxylation is 2. The lowest BCUT2D eigenvalue weighted by molar-refractivity contribution is 0.700. The Bertz CT molecular complexity index is 1080. The van der Waals surface area contributed by atoms with Crippen molar-refractivity contribution in [2.45, 2.75) is 13.5 Å². The minimum Gasteiger partial charge on any atom is -0.303 e. The zero-order chi connectivity index (χ0) is 18.1. The zero-order valence-corrected chi connectivity index (χ0v) is 15.6. The Balaban J connectivity index is 2.03. The third kappa shape index (κ3) is 3.02. The van der Waals surface area contributed by atoms with E-state index in [0.717, 1.165) is 14.6 Å². The fraction of sp³-hybridized carbons (Fsp3) is 0.250. The molecule has 1 N–H and O–H groups in total. The van der Waals surface area contributed by atoms with E-state index in [-0.39, 0.29) is 5.56 Å². The predicted octanol–water partition coefficient (Wildman–Crippen LogP) is 1.66. The Labute approximate surface area is 151 Å². The molecule has 1 aromatic carbocycles. The van der Waals surface area contributed by atoms with E-state index in [9.17, 15) is 9.59 Å². The summed E-state index contributed by atoms with van der Waals surface area (Å²) in [5.41, 5.74) is 3.68. The molecule has 130 valence electrons. The van der Waals surface area contributed by atoms with E-state index >= 15 is 0 Å². The molecule has 0 spiro atoms. The third-order valence-electron chi connectivity index (χ3n) is 3.91. The Morgan fingerprint density at radius 3 is 2.52 bits per heavy atom. The molecule has 2 aromatic heterocycles. The molecule has 0 aliphatic heterocycles. The van der Waals surface area contributed by atoms with Crippen LogP contribution in [0, 0.1) is 0 Å². The van der Waals surface area contributed by atoms with Crippen molar-refractivity contribution in [3.05, 3.63) is 55.1 Å². The van der Waals surface area contributed by atoms with Gasteiger partial charge in [-0.05, 0) is 24.6 Å². The fourth-order valence-electron chi connectivity index (χ4n) is 2.55. The molecule has 0 amide bonds. The number of aromatic nitrogens is 4. The molecule has 8 nitrogen and oxygen atoms in total. The summed E-state index contributed by atoms with van der Waals surface area (Å²) in [5.74, 6) is 0.407. The van der Waals surface area contributed by atoms with Gasteiger partial charge >= 0.3 is 5.69 Å². The molecular formula is C16H17BrN6O2. The van der Waals surface area contributed by atoms with Gasteiger partial charge in [0.15, 0.2) is 11.2 Å². The largest absolute Gasteiger partial charge is 0.332 e. The van der Waals surface area contributed by atoms with Crippen LogP contribution in [0.15, 0.2) is 43.4 Å². The molecule has 25 heavy (non-hydrogen) atoms. The van der Waals surface area contributed by atoms with Crippen molar-refractivity contribution in [3.8, 4) is 0 Å². The van der Waals surface area contributed by atoms with Gasteiger partial charge in [-0.2, -0.15) is 10.1 Å². The van der Waals surface area contributed by atoms with Crippen molar-refractivity contribution < 1.29 is 0 Å². The summed E-state index contributed by atoms with van der Waals surface area (Å²) in [6, 6.07) is 7.67. The first-order valence-corrected chi connectivity index (χ1v) is 8.44. The number of fused-ring (bicyclic) bond motifs is 1. The number of hydrazone groups is 1. The van der Waals surface area contributed by atoms with E-state index in [4.69, 9.17) is 0 Å². The Morgan fingerprint density at radius 1 is 1.20 bits per heavy atom. The van der Waals surface area contributed by atoms with Gasteiger partial charge in [-0.25, -0.2) is 10.2 Å². The molecule has 0 aliphatic rings. The molecule has 9 heteroatoms. The summed E-state index contributed by atoms with van der Waals surface area (Å²) in [6.45, 7) is 2.41. The summed E-state index contributed by atoms with van der Waals surface area (Å²) in [4.78, 5) is 28.9. The standard InChI is InChI=1S/C16H17BrN6O2/c1-4-23-12-13(21(2)16(25)22(3)14(12)24)19-15(23)20-18-9-10-5-7-11(17)8-6-10/h5-9H,4H2,1-3H3,(H,19,20)/b18-9+. The van der Waals surface area contributed by atoms with Crippen molar-refractivity contribution in [1.29, 1.82) is 0 Å². The summed E-state index contributed by atoms with van der Waals surface area (Å²) in [5, 5.41) is 4.18. The third-order valence-corrected chi connectivity index (χ3v) is 4.44. The first kappa shape index (κ1) is 17.2. The first-order chi connectivity index (χ1) is 11.9. The Morgan fingerprint density at radius 2 is 1.88 bits per heavy atom. The number of halogens is 1. The van der Waals surface area contributed by atoms with E-state index in [0.29, 0.717) is 23.7 Å². The monoisotopic (exact) mass is 404 g/mol. The smallest absolute Gasteiger partial charge is 0.303 e. The lowest BCUT2D eigenvalue weighted by Gasteiger charge is -2.05. The molecule has 0 aliphatic carbocycles. The highest BCUT2D eigenvalue weighted by atomic mass is 79.9. The number of nitrogens with one attached hydrogen (secondary N) is 1. The van der Waals surface area contributed by atoms with Gasteiger partial charge in [0.1, 0.15) is 0 Å². The highest BCUT2D eigenvalue weighted by Crippen LogP contribution is 2.15. The normalized spacial score (nSPS) is 11.5. The van der Waals surface area contributed by atoms with Crippen molar-refractivity contribution in [2.24, 2.45) is 19.2 Å². The van der Waals surface area contributed by atoms with Crippen LogP contribution < -0.4 is 16.7 Å². The minimum absolute atomic E-state index is 0.330. The van der Waals surface area contributed by atoms with Gasteiger partial charge in [-0.3, -0.25) is 13.9 Å². The molecule has 0 saturated heterocycles. The molecule has 3 rings (SSSR count). The number of benzene rings is 1. The van der Waals surface area contributed by atoms with Crippen LogP contribution in [0.4, 0.5) is 5.95 Å². The van der Waals surface area contributed by atoms with Crippen LogP contribution in [-0.2, 0) is 20.6 Å². The van der Waals surface area contributed by atoms with Gasteiger partial charge in [-0.15, -0.1) is 0 Å². The second-order valence-corrected chi connectivity index (χ2v) is 6.39. The van der Waals surface area contributed by atoms with Crippen molar-refractivity contribution in [3.63, 3.8) is 0 Å². The molecule has 0 saturated carbocycles. The summed E-state index contributed by atoms with van der Waals surface area (Å²) >= 11 is 3.38. The molecule has 0 fully saturated rings. The van der Waals surface area contributed by atoms with Crippen LogP contribution in [0.2, 0.25) is 0 Å². The average molecular weight is 405 g/mol. The van der Waals surface area contributed by atoms with Gasteiger partial charge in [0.25, 0.3) is 5.56 Å². The molecule has 3 aromatic rings. The van der Waals surface area contributed by atoms with Gasteiger partial charge in [0.2, 0.25) is 5.95 Å². The van der Waals surface area contributed by atoms with E-state index in [1.165, 1.54) is 11.6 Å².